The molecular formula is C15H13F2NO. The average Bonchev–Trinajstić information content (AvgIpc) is 2.36. The highest BCUT2D eigenvalue weighted by Gasteiger charge is 2.03. The summed E-state index contributed by atoms with van der Waals surface area (Å²) in [5.41, 5.74) is 2.14. The number of carbonyl (C=O) groups is 1. The Hall–Kier alpha value is -2.23. The molecule has 0 aliphatic heterocycles. The Morgan fingerprint density at radius 3 is 2.11 bits per heavy atom. The fourth-order valence-corrected chi connectivity index (χ4v) is 1.76. The van der Waals surface area contributed by atoms with E-state index < -0.39 is 11.6 Å². The summed E-state index contributed by atoms with van der Waals surface area (Å²) in [5.74, 6) is -1.30. The molecule has 0 aromatic heterocycles. The number of halogens is 2. The van der Waals surface area contributed by atoms with Gasteiger partial charge in [-0.2, -0.15) is 0 Å². The van der Waals surface area contributed by atoms with E-state index in [0.717, 1.165) is 17.2 Å². The van der Waals surface area contributed by atoms with Crippen LogP contribution in [-0.4, -0.2) is 5.91 Å². The molecule has 2 rings (SSSR count). The summed E-state index contributed by atoms with van der Waals surface area (Å²) in [4.78, 5) is 10.8. The summed E-state index contributed by atoms with van der Waals surface area (Å²) in [6.45, 7) is 1.89. The Bertz CT molecular complexity index is 573. The SMILES string of the molecule is CC(=O)NCc1ccc(-c2cc(F)cc(F)c2)cc1. The summed E-state index contributed by atoms with van der Waals surface area (Å²) in [6.07, 6.45) is 0. The normalized spacial score (nSPS) is 10.3. The molecule has 19 heavy (non-hydrogen) atoms. The van der Waals surface area contributed by atoms with Gasteiger partial charge in [0.1, 0.15) is 11.6 Å². The van der Waals surface area contributed by atoms with E-state index >= 15 is 0 Å². The largest absolute Gasteiger partial charge is 0.352 e. The minimum atomic E-state index is -0.600. The van der Waals surface area contributed by atoms with Crippen LogP contribution in [0.1, 0.15) is 12.5 Å². The number of rotatable bonds is 3. The van der Waals surface area contributed by atoms with Gasteiger partial charge in [0.05, 0.1) is 0 Å². The minimum absolute atomic E-state index is 0.101. The van der Waals surface area contributed by atoms with Crippen LogP contribution >= 0.6 is 0 Å². The number of nitrogens with one attached hydrogen (secondary N) is 1. The third kappa shape index (κ3) is 3.61. The second kappa shape index (κ2) is 5.61. The summed E-state index contributed by atoms with van der Waals surface area (Å²) in [6, 6.07) is 10.6. The Morgan fingerprint density at radius 1 is 1.00 bits per heavy atom. The summed E-state index contributed by atoms with van der Waals surface area (Å²) >= 11 is 0. The minimum Gasteiger partial charge on any atom is -0.352 e. The van der Waals surface area contributed by atoms with Crippen LogP contribution < -0.4 is 5.32 Å². The van der Waals surface area contributed by atoms with Gasteiger partial charge in [-0.15, -0.1) is 0 Å². The lowest BCUT2D eigenvalue weighted by atomic mass is 10.0. The summed E-state index contributed by atoms with van der Waals surface area (Å²) in [7, 11) is 0. The molecule has 0 unspecified atom stereocenters. The predicted octanol–water partition coefficient (Wildman–Crippen LogP) is 3.27. The van der Waals surface area contributed by atoms with Crippen molar-refractivity contribution in [3.05, 3.63) is 59.7 Å². The van der Waals surface area contributed by atoms with E-state index in [-0.39, 0.29) is 5.91 Å². The smallest absolute Gasteiger partial charge is 0.217 e. The van der Waals surface area contributed by atoms with Crippen molar-refractivity contribution in [1.29, 1.82) is 0 Å². The molecule has 0 saturated heterocycles. The number of carbonyl (C=O) groups excluding carboxylic acids is 1. The van der Waals surface area contributed by atoms with Gasteiger partial charge in [-0.25, -0.2) is 8.78 Å². The van der Waals surface area contributed by atoms with Gasteiger partial charge in [-0.1, -0.05) is 24.3 Å². The van der Waals surface area contributed by atoms with Crippen molar-refractivity contribution in [3.63, 3.8) is 0 Å². The molecule has 0 saturated carbocycles. The van der Waals surface area contributed by atoms with E-state index in [9.17, 15) is 13.6 Å². The number of hydrogen-bond donors (Lipinski definition) is 1. The van der Waals surface area contributed by atoms with Gasteiger partial charge in [0.2, 0.25) is 5.91 Å². The highest BCUT2D eigenvalue weighted by molar-refractivity contribution is 5.72. The van der Waals surface area contributed by atoms with Gasteiger partial charge in [0.25, 0.3) is 0 Å². The predicted molar refractivity (Wildman–Crippen MR) is 69.3 cm³/mol. The fraction of sp³-hybridized carbons (Fsp3) is 0.133. The van der Waals surface area contributed by atoms with E-state index in [1.807, 2.05) is 12.1 Å². The summed E-state index contributed by atoms with van der Waals surface area (Å²) in [5, 5.41) is 2.68. The molecule has 0 aliphatic carbocycles. The molecule has 0 bridgehead atoms. The van der Waals surface area contributed by atoms with Crippen molar-refractivity contribution in [3.8, 4) is 11.1 Å². The van der Waals surface area contributed by atoms with Gasteiger partial charge in [0, 0.05) is 19.5 Å². The van der Waals surface area contributed by atoms with Crippen LogP contribution in [0.25, 0.3) is 11.1 Å². The first-order valence-electron chi connectivity index (χ1n) is 5.84. The monoisotopic (exact) mass is 261 g/mol. The van der Waals surface area contributed by atoms with Crippen molar-refractivity contribution < 1.29 is 13.6 Å². The van der Waals surface area contributed by atoms with Crippen LogP contribution in [0.15, 0.2) is 42.5 Å². The Labute approximate surface area is 110 Å². The highest BCUT2D eigenvalue weighted by atomic mass is 19.1. The highest BCUT2D eigenvalue weighted by Crippen LogP contribution is 2.22. The molecule has 0 aliphatic rings. The molecule has 2 aromatic rings. The second-order valence-corrected chi connectivity index (χ2v) is 4.26. The van der Waals surface area contributed by atoms with Gasteiger partial charge >= 0.3 is 0 Å². The van der Waals surface area contributed by atoms with Crippen LogP contribution in [0.4, 0.5) is 8.78 Å². The first kappa shape index (κ1) is 13.2. The Morgan fingerprint density at radius 2 is 1.58 bits per heavy atom. The van der Waals surface area contributed by atoms with Crippen molar-refractivity contribution in [2.75, 3.05) is 0 Å². The fourth-order valence-electron chi connectivity index (χ4n) is 1.76. The maximum absolute atomic E-state index is 13.1. The van der Waals surface area contributed by atoms with E-state index in [2.05, 4.69) is 5.32 Å². The van der Waals surface area contributed by atoms with Crippen LogP contribution in [-0.2, 0) is 11.3 Å². The third-order valence-corrected chi connectivity index (χ3v) is 2.69. The van der Waals surface area contributed by atoms with Crippen LogP contribution in [0.5, 0.6) is 0 Å². The van der Waals surface area contributed by atoms with Crippen molar-refractivity contribution in [2.45, 2.75) is 13.5 Å². The molecule has 2 aromatic carbocycles. The molecular weight excluding hydrogens is 248 g/mol. The molecule has 0 radical (unpaired) electrons. The number of hydrogen-bond acceptors (Lipinski definition) is 1. The molecule has 1 amide bonds. The number of amides is 1. The lowest BCUT2D eigenvalue weighted by Crippen LogP contribution is -2.18. The summed E-state index contributed by atoms with van der Waals surface area (Å²) < 4.78 is 26.2. The topological polar surface area (TPSA) is 29.1 Å². The maximum atomic E-state index is 13.1. The van der Waals surface area contributed by atoms with Crippen LogP contribution in [0.3, 0.4) is 0 Å². The second-order valence-electron chi connectivity index (χ2n) is 4.26. The third-order valence-electron chi connectivity index (χ3n) is 2.69. The molecule has 98 valence electrons. The van der Waals surface area contributed by atoms with Gasteiger partial charge in [-0.3, -0.25) is 4.79 Å². The van der Waals surface area contributed by atoms with E-state index in [1.54, 1.807) is 12.1 Å². The quantitative estimate of drug-likeness (QED) is 0.902. The zero-order chi connectivity index (χ0) is 13.8. The van der Waals surface area contributed by atoms with Gasteiger partial charge < -0.3 is 5.32 Å². The van der Waals surface area contributed by atoms with Gasteiger partial charge in [-0.05, 0) is 28.8 Å². The van der Waals surface area contributed by atoms with Crippen LogP contribution in [0.2, 0.25) is 0 Å². The first-order valence-corrected chi connectivity index (χ1v) is 5.84. The Balaban J connectivity index is 2.19. The van der Waals surface area contributed by atoms with Crippen molar-refractivity contribution in [1.82, 2.24) is 5.32 Å². The molecule has 0 spiro atoms. The Kier molecular flexibility index (Phi) is 3.90. The lowest BCUT2D eigenvalue weighted by Gasteiger charge is -2.06. The standard InChI is InChI=1S/C15H13F2NO/c1-10(19)18-9-11-2-4-12(5-3-11)13-6-14(16)8-15(17)7-13/h2-8H,9H2,1H3,(H,18,19). The molecule has 4 heteroatoms. The van der Waals surface area contributed by atoms with Crippen LogP contribution in [0, 0.1) is 11.6 Å². The molecule has 0 fully saturated rings. The van der Waals surface area contributed by atoms with Crippen molar-refractivity contribution in [2.24, 2.45) is 0 Å². The van der Waals surface area contributed by atoms with E-state index in [4.69, 9.17) is 0 Å². The first-order chi connectivity index (χ1) is 9.04. The molecule has 2 nitrogen and oxygen atoms in total. The van der Waals surface area contributed by atoms with E-state index in [0.29, 0.717) is 12.1 Å². The zero-order valence-electron chi connectivity index (χ0n) is 10.4. The van der Waals surface area contributed by atoms with Gasteiger partial charge in [0.15, 0.2) is 0 Å². The molecule has 0 heterocycles. The lowest BCUT2D eigenvalue weighted by molar-refractivity contribution is -0.119. The molecule has 0 atom stereocenters. The zero-order valence-corrected chi connectivity index (χ0v) is 10.4. The maximum Gasteiger partial charge on any atom is 0.217 e. The number of benzene rings is 2. The van der Waals surface area contributed by atoms with E-state index in [1.165, 1.54) is 19.1 Å². The molecule has 1 N–H and O–H groups in total. The average molecular weight is 261 g/mol. The van der Waals surface area contributed by atoms with Crippen molar-refractivity contribution >= 4 is 5.91 Å².